The number of piperidine rings is 3. The summed E-state index contributed by atoms with van der Waals surface area (Å²) in [5, 5.41) is 19.1. The number of carbonyl (C=O) groups excluding carboxylic acids is 7. The highest BCUT2D eigenvalue weighted by Gasteiger charge is 2.67. The van der Waals surface area contributed by atoms with E-state index in [1.54, 1.807) is 83.1 Å². The second-order valence-electron chi connectivity index (χ2n) is 29.4. The van der Waals surface area contributed by atoms with E-state index in [4.69, 9.17) is 65.2 Å². The summed E-state index contributed by atoms with van der Waals surface area (Å²) in [6.45, 7) is 17.9. The molecule has 6 aromatic rings. The van der Waals surface area contributed by atoms with Gasteiger partial charge in [0.05, 0.1) is 32.6 Å². The number of carbonyl (C=O) groups is 7. The first kappa shape index (κ1) is 83.7. The quantitative estimate of drug-likeness (QED) is 0.0549. The second-order valence-corrected chi connectivity index (χ2v) is 31.4. The molecule has 0 bridgehead atoms. The number of hydrogen-bond acceptors (Lipinski definition) is 25. The topological polar surface area (TPSA) is 455 Å². The van der Waals surface area contributed by atoms with E-state index >= 15 is 17.6 Å². The molecular weight excluding hydrogens is 1600 g/mol. The maximum atomic E-state index is 15.7. The van der Waals surface area contributed by atoms with Crippen LogP contribution in [0.5, 0.6) is 0 Å². The summed E-state index contributed by atoms with van der Waals surface area (Å²) < 4.78 is 114. The first-order chi connectivity index (χ1) is 50.7. The number of nitrogens with one attached hydrogen (secondary N) is 8. The highest BCUT2D eigenvalue weighted by Crippen LogP contribution is 2.48. The molecule has 0 radical (unpaired) electrons. The molecule has 110 heavy (non-hydrogen) atoms. The van der Waals surface area contributed by atoms with Gasteiger partial charge in [-0.2, -0.15) is 0 Å². The zero-order chi connectivity index (χ0) is 81.8. The lowest BCUT2D eigenvalue weighted by Gasteiger charge is -2.46. The van der Waals surface area contributed by atoms with E-state index in [2.05, 4.69) is 88.4 Å². The van der Waals surface area contributed by atoms with Gasteiger partial charge < -0.3 is 72.1 Å². The highest BCUT2D eigenvalue weighted by molar-refractivity contribution is 9.10. The molecule has 0 aromatic carbocycles. The van der Waals surface area contributed by atoms with Gasteiger partial charge in [0.1, 0.15) is 105 Å². The minimum Gasteiger partial charge on any atom is -0.444 e. The molecular formula is C65H75BrCl3F6N21O14. The van der Waals surface area contributed by atoms with Crippen LogP contribution in [0.25, 0.3) is 0 Å². The van der Waals surface area contributed by atoms with Gasteiger partial charge in [0, 0.05) is 63.6 Å². The first-order valence-corrected chi connectivity index (χ1v) is 35.0. The lowest BCUT2D eigenvalue weighted by molar-refractivity contribution is -0.161. The van der Waals surface area contributed by atoms with Crippen LogP contribution in [0, 0.1) is 0 Å². The number of hydrogen-bond donors (Lipinski definition) is 10. The van der Waals surface area contributed by atoms with Gasteiger partial charge in [0.2, 0.25) is 11.3 Å². The predicted molar refractivity (Wildman–Crippen MR) is 390 cm³/mol. The maximum Gasteiger partial charge on any atom is 0.413 e. The van der Waals surface area contributed by atoms with Crippen molar-refractivity contribution in [1.29, 1.82) is 0 Å². The van der Waals surface area contributed by atoms with Crippen LogP contribution in [0.4, 0.5) is 91.8 Å². The van der Waals surface area contributed by atoms with Crippen molar-refractivity contribution in [3.05, 3.63) is 123 Å². The minimum atomic E-state index is -3.66. The molecule has 3 saturated heterocycles. The molecule has 35 nitrogen and oxygen atoms in total. The third kappa shape index (κ3) is 17.8. The van der Waals surface area contributed by atoms with Crippen molar-refractivity contribution in [3.8, 4) is 0 Å². The van der Waals surface area contributed by atoms with Crippen molar-refractivity contribution in [2.24, 2.45) is 0 Å². The van der Waals surface area contributed by atoms with Crippen LogP contribution in [0.3, 0.4) is 0 Å². The Morgan fingerprint density at radius 1 is 0.473 bits per heavy atom. The lowest BCUT2D eigenvalue weighted by atomic mass is 9.93. The Bertz CT molecular complexity index is 4880. The first-order valence-electron chi connectivity index (χ1n) is 33.0. The van der Waals surface area contributed by atoms with E-state index in [0.29, 0.717) is 15.0 Å². The molecule has 6 aromatic heterocycles. The number of nitrogens with two attached hydrogens (primary N) is 2. The number of pyridine rings is 3. The molecule has 7 amide bonds. The van der Waals surface area contributed by atoms with Gasteiger partial charge >= 0.3 is 24.4 Å². The van der Waals surface area contributed by atoms with Crippen LogP contribution < -0.4 is 70.7 Å². The number of halogens is 10. The van der Waals surface area contributed by atoms with Crippen molar-refractivity contribution in [1.82, 2.24) is 74.7 Å². The van der Waals surface area contributed by atoms with Gasteiger partial charge in [0.25, 0.3) is 52.2 Å². The summed E-state index contributed by atoms with van der Waals surface area (Å²) in [4.78, 5) is 151. The lowest BCUT2D eigenvalue weighted by Crippen LogP contribution is -2.69. The molecule has 0 aliphatic carbocycles. The summed E-state index contributed by atoms with van der Waals surface area (Å²) in [6.07, 6.45) is -1.69. The van der Waals surface area contributed by atoms with E-state index < -0.39 is 154 Å². The monoisotopic (exact) mass is 1670 g/mol. The molecule has 45 heteroatoms. The Morgan fingerprint density at radius 3 is 1.21 bits per heavy atom. The third-order valence-electron chi connectivity index (χ3n) is 16.3. The molecule has 3 spiro atoms. The Hall–Kier alpha value is -10.3. The predicted octanol–water partition coefficient (Wildman–Crippen LogP) is 9.04. The van der Waals surface area contributed by atoms with Gasteiger partial charge in [-0.1, -0.05) is 34.8 Å². The number of aromatic nitrogens is 9. The summed E-state index contributed by atoms with van der Waals surface area (Å²) >= 11 is 21.5. The van der Waals surface area contributed by atoms with Crippen LogP contribution in [-0.4, -0.2) is 175 Å². The minimum absolute atomic E-state index is 0.00288. The largest absolute Gasteiger partial charge is 0.444 e. The fourth-order valence-corrected chi connectivity index (χ4v) is 13.2. The normalized spacial score (nSPS) is 20.4. The van der Waals surface area contributed by atoms with Crippen LogP contribution in [0.15, 0.2) is 74.2 Å². The molecule has 12 rings (SSSR count). The fourth-order valence-electron chi connectivity index (χ4n) is 11.8. The molecule has 6 aliphatic heterocycles. The standard InChI is InChI=1S/C25H30ClF2N7O6.C16H17BrClF2N3O4.C15H14ClF2N7O2.C9H14N4O2/c1-22(2,3)40-20(38)32-16-10-15(29-12-30-16)31-14-9-13(26)17-18(36)33-25(35(17)19(14)37)11-34(8-7-24(25,27)28)21(39)41-23(4,5)6;1-14(2,3)27-13(26)22-5-4-15(19,20)16(7-22)21-11(24)10-9(18)6-8(17)12(25)23(10)16;16-7-3-8(23-10-4-9(19)21-6-22-10)13(27)25-11(7)12(26)24-15(25)5-20-2-1-14(15,17)18;1-9(2,3)15-8(14)13-7-4-6(10)11-5-12-7/h9-10,12H,7-8,11H2,1-6H3,(H,33,36)(H2,29,30,31,32,38);6H,4-5,7H2,1-3H3,(H,21,24);3-4,6,20H,1-2,5H2,(H,24,26)(H3,19,21,22,23);4-5H,1-3H3,(H3,10,11,12,13,14). The molecule has 12 heterocycles. The van der Waals surface area contributed by atoms with Crippen molar-refractivity contribution >= 4 is 139 Å². The number of nitrogen functional groups attached to an aromatic ring is 2. The van der Waals surface area contributed by atoms with Crippen LogP contribution in [-0.2, 0) is 35.9 Å². The molecule has 0 saturated carbocycles. The van der Waals surface area contributed by atoms with Crippen LogP contribution in [0.2, 0.25) is 15.1 Å². The highest BCUT2D eigenvalue weighted by atomic mass is 79.9. The molecule has 12 N–H and O–H groups in total. The summed E-state index contributed by atoms with van der Waals surface area (Å²) in [5.74, 6) is -12.3. The number of amides is 7. The van der Waals surface area contributed by atoms with E-state index in [9.17, 15) is 56.7 Å². The number of rotatable bonds is 6. The van der Waals surface area contributed by atoms with Gasteiger partial charge in [-0.15, -0.1) is 0 Å². The van der Waals surface area contributed by atoms with Crippen molar-refractivity contribution in [2.45, 2.75) is 160 Å². The second kappa shape index (κ2) is 30.5. The number of likely N-dealkylation sites (tertiary alicyclic amines) is 2. The Kier molecular flexibility index (Phi) is 23.2. The average Bonchev–Trinajstić information content (AvgIpc) is 1.54. The molecule has 3 atom stereocenters. The smallest absolute Gasteiger partial charge is 0.413 e. The number of fused-ring (bicyclic) bond motifs is 6. The number of ether oxygens (including phenoxy) is 4. The van der Waals surface area contributed by atoms with Crippen LogP contribution in [0.1, 0.15) is 134 Å². The van der Waals surface area contributed by atoms with E-state index in [-0.39, 0.29) is 97.6 Å². The average molecular weight is 1670 g/mol. The van der Waals surface area contributed by atoms with Crippen molar-refractivity contribution < 1.29 is 78.9 Å². The summed E-state index contributed by atoms with van der Waals surface area (Å²) in [7, 11) is 0. The van der Waals surface area contributed by atoms with Gasteiger partial charge in [0.15, 0.2) is 5.66 Å². The molecule has 3 unspecified atom stereocenters. The van der Waals surface area contributed by atoms with E-state index in [1.807, 2.05) is 0 Å². The zero-order valence-corrected chi connectivity index (χ0v) is 64.5. The zero-order valence-electron chi connectivity index (χ0n) is 60.6. The molecule has 3 fully saturated rings. The summed E-state index contributed by atoms with van der Waals surface area (Å²) in [5.41, 5.74) is -3.68. The number of alkyl halides is 6. The number of nitrogens with zero attached hydrogens (tertiary/aromatic N) is 11. The number of anilines is 8. The van der Waals surface area contributed by atoms with Gasteiger partial charge in [-0.3, -0.25) is 53.1 Å². The van der Waals surface area contributed by atoms with Crippen LogP contribution >= 0.6 is 50.7 Å². The molecule has 594 valence electrons. The third-order valence-corrected chi connectivity index (χ3v) is 17.8. The van der Waals surface area contributed by atoms with E-state index in [0.717, 1.165) is 26.8 Å². The fraction of sp³-hybridized carbons (Fsp3) is 0.477. The van der Waals surface area contributed by atoms with E-state index in [1.165, 1.54) is 43.0 Å². The molecule has 6 aliphatic rings. The summed E-state index contributed by atoms with van der Waals surface area (Å²) in [6, 6.07) is 7.56. The van der Waals surface area contributed by atoms with Crippen molar-refractivity contribution in [3.63, 3.8) is 0 Å². The SMILES string of the molecule is CC(C)(C)OC(=O)N1CCC(F)(F)C2(C1)NC(=O)c1c(Cl)cc(Br)c(=O)n12.CC(C)(C)OC(=O)Nc1cc(N)ncn1.CC(C)(C)OC(=O)Nc1cc(Nc2cc(Cl)c3n(c2=O)C2(CN(C(=O)OC(C)(C)C)CCC2(F)F)NC3=O)ncn1.Nc1cc(Nc2cc(Cl)c3n(c2=O)C2(CNCCC2(F)F)NC3=O)ncn1. The van der Waals surface area contributed by atoms with Crippen molar-refractivity contribution in [2.75, 3.05) is 72.0 Å². The maximum absolute atomic E-state index is 15.7. The van der Waals surface area contributed by atoms with Gasteiger partial charge in [-0.25, -0.2) is 75.4 Å². The Labute approximate surface area is 644 Å². The Morgan fingerprint density at radius 2 is 0.809 bits per heavy atom. The van der Waals surface area contributed by atoms with Gasteiger partial charge in [-0.05, 0) is 117 Å². The Balaban J connectivity index is 0.000000178.